The summed E-state index contributed by atoms with van der Waals surface area (Å²) in [4.78, 5) is 17.3. The van der Waals surface area contributed by atoms with Gasteiger partial charge in [-0.05, 0) is 25.0 Å². The van der Waals surface area contributed by atoms with Gasteiger partial charge in [-0.3, -0.25) is 14.4 Å². The van der Waals surface area contributed by atoms with Crippen LogP contribution in [0.4, 0.5) is 19.1 Å². The number of nitriles is 1. The smallest absolute Gasteiger partial charge is 0.279 e. The number of fused-ring (bicyclic) bond motifs is 1. The Balaban J connectivity index is 1.47. The van der Waals surface area contributed by atoms with E-state index in [1.807, 2.05) is 6.07 Å². The average molecular weight is 494 g/mol. The fourth-order valence-corrected chi connectivity index (χ4v) is 5.11. The van der Waals surface area contributed by atoms with Crippen molar-refractivity contribution in [2.45, 2.75) is 36.4 Å². The van der Waals surface area contributed by atoms with Crippen LogP contribution in [0.25, 0.3) is 16.9 Å². The number of hydrogen-bond acceptors (Lipinski definition) is 7. The molecule has 0 unspecified atom stereocenters. The van der Waals surface area contributed by atoms with Crippen molar-refractivity contribution in [1.29, 1.82) is 5.26 Å². The van der Waals surface area contributed by atoms with E-state index >= 15 is 0 Å². The Morgan fingerprint density at radius 1 is 1.29 bits per heavy atom. The summed E-state index contributed by atoms with van der Waals surface area (Å²) in [5, 5.41) is 17.9. The molecular formula is C19H17F3N8O3S. The molecule has 2 fully saturated rings. The van der Waals surface area contributed by atoms with Gasteiger partial charge in [-0.15, -0.1) is 5.10 Å². The van der Waals surface area contributed by atoms with E-state index in [4.69, 9.17) is 0 Å². The highest BCUT2D eigenvalue weighted by Crippen LogP contribution is 2.39. The number of halogens is 3. The third kappa shape index (κ3) is 3.41. The third-order valence-electron chi connectivity index (χ3n) is 5.98. The molecule has 178 valence electrons. The van der Waals surface area contributed by atoms with Crippen LogP contribution in [0.3, 0.4) is 0 Å². The molecule has 5 rings (SSSR count). The largest absolute Gasteiger partial charge is 0.511 e. The second-order valence-electron chi connectivity index (χ2n) is 8.29. The molecule has 3 aromatic heterocycles. The highest BCUT2D eigenvalue weighted by molar-refractivity contribution is 7.90. The zero-order chi connectivity index (χ0) is 24.3. The Labute approximate surface area is 191 Å². The SMILES string of the molecule is N#CCC1(n2cc(-c3cccc4nc(N(C=O)C5CC5)nn34)cn2)CN(S(=O)(=O)C(F)(F)F)C1. The van der Waals surface area contributed by atoms with Gasteiger partial charge in [0.2, 0.25) is 6.41 Å². The van der Waals surface area contributed by atoms with Gasteiger partial charge in [0, 0.05) is 30.9 Å². The summed E-state index contributed by atoms with van der Waals surface area (Å²) in [6.07, 6.45) is 5.18. The first-order valence-electron chi connectivity index (χ1n) is 10.2. The molecule has 2 aliphatic rings. The summed E-state index contributed by atoms with van der Waals surface area (Å²) in [5.41, 5.74) is -5.09. The maximum Gasteiger partial charge on any atom is 0.511 e. The molecule has 0 bridgehead atoms. The fraction of sp³-hybridized carbons (Fsp3) is 0.421. The molecular weight excluding hydrogens is 477 g/mol. The molecule has 1 aliphatic heterocycles. The number of carbonyl (C=O) groups is 1. The van der Waals surface area contributed by atoms with Crippen molar-refractivity contribution in [3.63, 3.8) is 0 Å². The minimum absolute atomic E-state index is 0.0708. The van der Waals surface area contributed by atoms with Crippen molar-refractivity contribution in [2.24, 2.45) is 0 Å². The molecule has 11 nitrogen and oxygen atoms in total. The number of pyridine rings is 1. The topological polar surface area (TPSA) is 129 Å². The highest BCUT2D eigenvalue weighted by atomic mass is 32.2. The predicted octanol–water partition coefficient (Wildman–Crippen LogP) is 1.49. The number of amides is 1. The molecule has 0 N–H and O–H groups in total. The van der Waals surface area contributed by atoms with Crippen molar-refractivity contribution in [2.75, 3.05) is 18.0 Å². The Bertz CT molecular complexity index is 1410. The number of aromatic nitrogens is 5. The average Bonchev–Trinajstić information content (AvgIpc) is 3.29. The molecule has 1 saturated heterocycles. The van der Waals surface area contributed by atoms with E-state index in [9.17, 15) is 31.6 Å². The molecule has 0 aromatic carbocycles. The normalized spacial score (nSPS) is 18.4. The third-order valence-corrected chi connectivity index (χ3v) is 7.50. The molecule has 15 heteroatoms. The zero-order valence-corrected chi connectivity index (χ0v) is 18.2. The van der Waals surface area contributed by atoms with E-state index in [-0.39, 0.29) is 18.4 Å². The van der Waals surface area contributed by atoms with Crippen molar-refractivity contribution in [3.05, 3.63) is 30.6 Å². The minimum atomic E-state index is -5.49. The van der Waals surface area contributed by atoms with Crippen molar-refractivity contribution < 1.29 is 26.4 Å². The van der Waals surface area contributed by atoms with Crippen LogP contribution in [-0.4, -0.2) is 68.2 Å². The van der Waals surface area contributed by atoms with Crippen molar-refractivity contribution >= 4 is 28.0 Å². The van der Waals surface area contributed by atoms with E-state index in [0.717, 1.165) is 12.8 Å². The van der Waals surface area contributed by atoms with Gasteiger partial charge in [0.15, 0.2) is 5.65 Å². The summed E-state index contributed by atoms with van der Waals surface area (Å²) >= 11 is 0. The monoisotopic (exact) mass is 494 g/mol. The Kier molecular flexibility index (Phi) is 4.92. The fourth-order valence-electron chi connectivity index (χ4n) is 4.00. The van der Waals surface area contributed by atoms with Crippen LogP contribution in [0.5, 0.6) is 0 Å². The molecule has 34 heavy (non-hydrogen) atoms. The number of carbonyl (C=O) groups excluding carboxylic acids is 1. The van der Waals surface area contributed by atoms with Gasteiger partial charge in [-0.1, -0.05) is 6.07 Å². The highest BCUT2D eigenvalue weighted by Gasteiger charge is 2.59. The van der Waals surface area contributed by atoms with Crippen LogP contribution in [0.2, 0.25) is 0 Å². The number of hydrogen-bond donors (Lipinski definition) is 0. The van der Waals surface area contributed by atoms with E-state index in [1.54, 1.807) is 18.2 Å². The molecule has 0 radical (unpaired) electrons. The molecule has 4 heterocycles. The Morgan fingerprint density at radius 2 is 2.03 bits per heavy atom. The van der Waals surface area contributed by atoms with E-state index in [1.165, 1.54) is 26.5 Å². The minimum Gasteiger partial charge on any atom is -0.279 e. The zero-order valence-electron chi connectivity index (χ0n) is 17.4. The summed E-state index contributed by atoms with van der Waals surface area (Å²) < 4.78 is 65.3. The van der Waals surface area contributed by atoms with E-state index in [0.29, 0.717) is 27.6 Å². The van der Waals surface area contributed by atoms with Crippen LogP contribution >= 0.6 is 0 Å². The van der Waals surface area contributed by atoms with Gasteiger partial charge in [0.25, 0.3) is 5.95 Å². The first-order chi connectivity index (χ1) is 16.1. The molecule has 1 saturated carbocycles. The molecule has 0 spiro atoms. The molecule has 1 amide bonds. The van der Waals surface area contributed by atoms with Gasteiger partial charge in [-0.2, -0.15) is 32.8 Å². The van der Waals surface area contributed by atoms with Gasteiger partial charge in [0.05, 0.1) is 24.4 Å². The lowest BCUT2D eigenvalue weighted by Crippen LogP contribution is -2.65. The number of alkyl halides is 3. The van der Waals surface area contributed by atoms with Gasteiger partial charge in [-0.25, -0.2) is 12.9 Å². The quantitative estimate of drug-likeness (QED) is 0.455. The maximum atomic E-state index is 12.9. The van der Waals surface area contributed by atoms with Gasteiger partial charge in [0.1, 0.15) is 5.54 Å². The maximum absolute atomic E-state index is 12.9. The van der Waals surface area contributed by atoms with Gasteiger partial charge < -0.3 is 0 Å². The van der Waals surface area contributed by atoms with Crippen LogP contribution in [0.15, 0.2) is 30.6 Å². The van der Waals surface area contributed by atoms with Crippen molar-refractivity contribution in [1.82, 2.24) is 28.7 Å². The number of anilines is 1. The summed E-state index contributed by atoms with van der Waals surface area (Å²) in [5.74, 6) is 0.255. The first kappa shape index (κ1) is 22.3. The number of sulfonamides is 1. The first-order valence-corrected chi connectivity index (χ1v) is 11.6. The van der Waals surface area contributed by atoms with Crippen LogP contribution in [-0.2, 0) is 20.4 Å². The van der Waals surface area contributed by atoms with E-state index < -0.39 is 34.2 Å². The van der Waals surface area contributed by atoms with Crippen molar-refractivity contribution in [3.8, 4) is 17.3 Å². The van der Waals surface area contributed by atoms with Crippen LogP contribution < -0.4 is 4.90 Å². The van der Waals surface area contributed by atoms with Crippen LogP contribution in [0, 0.1) is 11.3 Å². The second kappa shape index (κ2) is 7.50. The Morgan fingerprint density at radius 3 is 2.65 bits per heavy atom. The summed E-state index contributed by atoms with van der Waals surface area (Å²) in [6, 6.07) is 7.15. The number of rotatable bonds is 7. The van der Waals surface area contributed by atoms with Gasteiger partial charge >= 0.3 is 15.5 Å². The summed E-state index contributed by atoms with van der Waals surface area (Å²) in [6.45, 7) is -1.06. The lowest BCUT2D eigenvalue weighted by atomic mass is 9.89. The van der Waals surface area contributed by atoms with E-state index in [2.05, 4.69) is 15.2 Å². The standard InChI is InChI=1S/C19H17F3N8O3S/c20-19(21,22)34(32,33)27-10-18(11-27,6-7-23)29-9-13(8-24-29)15-2-1-3-16-25-17(26-30(15)16)28(12-31)14-4-5-14/h1-3,8-9,12,14H,4-6,10-11H2. The Hall–Kier alpha value is -3.51. The lowest BCUT2D eigenvalue weighted by molar-refractivity contribution is -0.107. The molecule has 0 atom stereocenters. The summed E-state index contributed by atoms with van der Waals surface area (Å²) in [7, 11) is -5.49. The molecule has 3 aromatic rings. The van der Waals surface area contributed by atoms with Crippen LogP contribution in [0.1, 0.15) is 19.3 Å². The lowest BCUT2D eigenvalue weighted by Gasteiger charge is -2.47. The molecule has 1 aliphatic carbocycles. The second-order valence-corrected chi connectivity index (χ2v) is 10.2. The predicted molar refractivity (Wildman–Crippen MR) is 111 cm³/mol. The number of nitrogens with zero attached hydrogens (tertiary/aromatic N) is 8.